The Bertz CT molecular complexity index is 1230. The maximum atomic E-state index is 10.9. The first kappa shape index (κ1) is 21.5. The van der Waals surface area contributed by atoms with Gasteiger partial charge in [-0.25, -0.2) is 4.79 Å². The van der Waals surface area contributed by atoms with Crippen molar-refractivity contribution >= 4 is 34.7 Å². The van der Waals surface area contributed by atoms with Crippen molar-refractivity contribution in [2.45, 2.75) is 26.2 Å². The first-order valence-corrected chi connectivity index (χ1v) is 10.6. The number of fused-ring (bicyclic) bond motifs is 1. The molecule has 9 heteroatoms. The van der Waals surface area contributed by atoms with Gasteiger partial charge in [-0.1, -0.05) is 12.1 Å². The number of rotatable bonds is 5. The second kappa shape index (κ2) is 8.80. The van der Waals surface area contributed by atoms with E-state index >= 15 is 0 Å². The number of carbonyl (C=O) groups is 1. The standard InChI is InChI=1S/C23H23N5O3S/c1-13(25-26-23(32)24-18-10-8-15(9-11-18)22(30)31)19-21(29)20(28(2)27-19)17-7-6-14-4-3-5-16(14)12-17/h6-12,29H,3-5H2,1-2H3,(H,30,31)(H2,24,26,32)/b25-13+. The Kier molecular flexibility index (Phi) is 5.91. The number of benzene rings is 2. The first-order valence-electron chi connectivity index (χ1n) is 10.2. The van der Waals surface area contributed by atoms with Crippen LogP contribution in [0.2, 0.25) is 0 Å². The average molecular weight is 450 g/mol. The second-order valence-corrected chi connectivity index (χ2v) is 8.06. The van der Waals surface area contributed by atoms with Crippen molar-refractivity contribution in [3.05, 3.63) is 64.8 Å². The van der Waals surface area contributed by atoms with Crippen LogP contribution in [0.4, 0.5) is 5.69 Å². The number of aromatic carboxylic acids is 1. The number of nitrogens with one attached hydrogen (secondary N) is 2. The number of thiocarbonyl (C=S) groups is 1. The van der Waals surface area contributed by atoms with Gasteiger partial charge >= 0.3 is 5.97 Å². The van der Waals surface area contributed by atoms with E-state index in [9.17, 15) is 9.90 Å². The minimum atomic E-state index is -0.994. The minimum absolute atomic E-state index is 0.0663. The fourth-order valence-electron chi connectivity index (χ4n) is 3.84. The fourth-order valence-corrected chi connectivity index (χ4v) is 4.01. The second-order valence-electron chi connectivity index (χ2n) is 7.65. The van der Waals surface area contributed by atoms with E-state index in [-0.39, 0.29) is 16.4 Å². The van der Waals surface area contributed by atoms with Crippen molar-refractivity contribution in [2.24, 2.45) is 12.1 Å². The highest BCUT2D eigenvalue weighted by Gasteiger charge is 2.21. The lowest BCUT2D eigenvalue weighted by atomic mass is 10.0. The molecule has 0 fully saturated rings. The molecule has 0 bridgehead atoms. The minimum Gasteiger partial charge on any atom is -0.504 e. The predicted molar refractivity (Wildman–Crippen MR) is 127 cm³/mol. The molecule has 3 aromatic rings. The van der Waals surface area contributed by atoms with E-state index in [4.69, 9.17) is 17.3 Å². The molecule has 8 nitrogen and oxygen atoms in total. The number of aromatic hydroxyl groups is 1. The normalized spacial score (nSPS) is 13.0. The van der Waals surface area contributed by atoms with Gasteiger partial charge < -0.3 is 15.5 Å². The van der Waals surface area contributed by atoms with Crippen molar-refractivity contribution in [1.82, 2.24) is 15.2 Å². The molecule has 4 N–H and O–H groups in total. The molecule has 1 aliphatic carbocycles. The van der Waals surface area contributed by atoms with E-state index in [2.05, 4.69) is 33.1 Å². The number of nitrogens with zero attached hydrogens (tertiary/aromatic N) is 3. The molecule has 0 unspecified atom stereocenters. The molecule has 1 aromatic heterocycles. The molecule has 2 aromatic carbocycles. The first-order chi connectivity index (χ1) is 15.3. The Hall–Kier alpha value is -3.72. The third-order valence-corrected chi connectivity index (χ3v) is 5.65. The summed E-state index contributed by atoms with van der Waals surface area (Å²) in [6, 6.07) is 12.5. The summed E-state index contributed by atoms with van der Waals surface area (Å²) in [5.41, 5.74) is 8.63. The largest absolute Gasteiger partial charge is 0.504 e. The topological polar surface area (TPSA) is 112 Å². The third-order valence-electron chi connectivity index (χ3n) is 5.45. The zero-order chi connectivity index (χ0) is 22.8. The van der Waals surface area contributed by atoms with Gasteiger partial charge in [-0.15, -0.1) is 0 Å². The van der Waals surface area contributed by atoms with Crippen LogP contribution in [-0.4, -0.2) is 36.8 Å². The Morgan fingerprint density at radius 2 is 1.88 bits per heavy atom. The molecule has 0 radical (unpaired) electrons. The highest BCUT2D eigenvalue weighted by molar-refractivity contribution is 7.80. The number of carboxylic acids is 1. The van der Waals surface area contributed by atoms with Crippen molar-refractivity contribution < 1.29 is 15.0 Å². The van der Waals surface area contributed by atoms with Crippen LogP contribution >= 0.6 is 12.2 Å². The molecule has 0 spiro atoms. The molecule has 164 valence electrons. The molecule has 1 aliphatic rings. The van der Waals surface area contributed by atoms with Gasteiger partial charge in [0.2, 0.25) is 0 Å². The van der Waals surface area contributed by atoms with Gasteiger partial charge in [0.25, 0.3) is 0 Å². The third kappa shape index (κ3) is 4.33. The summed E-state index contributed by atoms with van der Waals surface area (Å²) in [6.07, 6.45) is 3.33. The number of aromatic nitrogens is 2. The highest BCUT2D eigenvalue weighted by atomic mass is 32.1. The Balaban J connectivity index is 1.48. The van der Waals surface area contributed by atoms with Crippen LogP contribution in [0, 0.1) is 0 Å². The van der Waals surface area contributed by atoms with Gasteiger partial charge in [-0.3, -0.25) is 10.1 Å². The molecule has 0 atom stereocenters. The summed E-state index contributed by atoms with van der Waals surface area (Å²) in [6.45, 7) is 1.73. The van der Waals surface area contributed by atoms with E-state index in [0.717, 1.165) is 24.8 Å². The van der Waals surface area contributed by atoms with E-state index in [1.807, 2.05) is 6.07 Å². The summed E-state index contributed by atoms with van der Waals surface area (Å²) >= 11 is 5.24. The maximum Gasteiger partial charge on any atom is 0.335 e. The lowest BCUT2D eigenvalue weighted by Crippen LogP contribution is -2.25. The van der Waals surface area contributed by atoms with Crippen molar-refractivity contribution in [2.75, 3.05) is 5.32 Å². The molecule has 0 aliphatic heterocycles. The van der Waals surface area contributed by atoms with E-state index in [1.54, 1.807) is 30.8 Å². The van der Waals surface area contributed by atoms with Crippen molar-refractivity contribution in [1.29, 1.82) is 0 Å². The lowest BCUT2D eigenvalue weighted by molar-refractivity contribution is 0.0697. The Morgan fingerprint density at radius 1 is 1.16 bits per heavy atom. The van der Waals surface area contributed by atoms with Crippen LogP contribution in [-0.2, 0) is 19.9 Å². The van der Waals surface area contributed by atoms with E-state index in [1.165, 1.54) is 23.3 Å². The van der Waals surface area contributed by atoms with Gasteiger partial charge in [0, 0.05) is 18.3 Å². The molecular weight excluding hydrogens is 426 g/mol. The lowest BCUT2D eigenvalue weighted by Gasteiger charge is -2.08. The number of carboxylic acid groups (broad SMARTS) is 1. The summed E-state index contributed by atoms with van der Waals surface area (Å²) < 4.78 is 1.65. The number of anilines is 1. The fraction of sp³-hybridized carbons (Fsp3) is 0.217. The molecule has 1 heterocycles. The van der Waals surface area contributed by atoms with Gasteiger partial charge in [0.1, 0.15) is 5.69 Å². The van der Waals surface area contributed by atoms with Gasteiger partial charge in [-0.2, -0.15) is 10.2 Å². The zero-order valence-corrected chi connectivity index (χ0v) is 18.5. The number of hydrogen-bond donors (Lipinski definition) is 4. The number of hydrazone groups is 1. The van der Waals surface area contributed by atoms with Crippen LogP contribution in [0.3, 0.4) is 0 Å². The van der Waals surface area contributed by atoms with Crippen LogP contribution in [0.1, 0.15) is 40.5 Å². The monoisotopic (exact) mass is 449 g/mol. The molecule has 32 heavy (non-hydrogen) atoms. The zero-order valence-electron chi connectivity index (χ0n) is 17.7. The number of aryl methyl sites for hydroxylation is 3. The molecule has 4 rings (SSSR count). The predicted octanol–water partition coefficient (Wildman–Crippen LogP) is 3.69. The SMILES string of the molecule is C/C(=N\NC(=S)Nc1ccc(C(=O)O)cc1)c1nn(C)c(-c2ccc3c(c2)CCC3)c1O. The molecule has 0 saturated heterocycles. The summed E-state index contributed by atoms with van der Waals surface area (Å²) in [5.74, 6) is -0.927. The molecule has 0 amide bonds. The molecule has 0 saturated carbocycles. The number of hydrogen-bond acceptors (Lipinski definition) is 5. The summed E-state index contributed by atoms with van der Waals surface area (Å²) in [4.78, 5) is 10.9. The van der Waals surface area contributed by atoms with E-state index < -0.39 is 5.97 Å². The summed E-state index contributed by atoms with van der Waals surface area (Å²) in [5, 5.41) is 31.7. The van der Waals surface area contributed by atoms with E-state index in [0.29, 0.717) is 22.8 Å². The highest BCUT2D eigenvalue weighted by Crippen LogP contribution is 2.34. The van der Waals surface area contributed by atoms with Gasteiger partial charge in [0.05, 0.1) is 11.3 Å². The van der Waals surface area contributed by atoms with Crippen LogP contribution in [0.5, 0.6) is 5.75 Å². The van der Waals surface area contributed by atoms with Gasteiger partial charge in [0.15, 0.2) is 16.6 Å². The van der Waals surface area contributed by atoms with Gasteiger partial charge in [-0.05, 0) is 79.9 Å². The Labute approximate surface area is 190 Å². The Morgan fingerprint density at radius 3 is 2.59 bits per heavy atom. The van der Waals surface area contributed by atoms with Crippen molar-refractivity contribution in [3.8, 4) is 17.0 Å². The average Bonchev–Trinajstić information content (AvgIpc) is 3.35. The van der Waals surface area contributed by atoms with Crippen LogP contribution in [0.15, 0.2) is 47.6 Å². The van der Waals surface area contributed by atoms with Crippen molar-refractivity contribution in [3.63, 3.8) is 0 Å². The maximum absolute atomic E-state index is 10.9. The smallest absolute Gasteiger partial charge is 0.335 e. The van der Waals surface area contributed by atoms with Crippen LogP contribution in [0.25, 0.3) is 11.3 Å². The summed E-state index contributed by atoms with van der Waals surface area (Å²) in [7, 11) is 1.79. The quantitative estimate of drug-likeness (QED) is 0.267. The molecular formula is C23H23N5O3S. The van der Waals surface area contributed by atoms with Crippen LogP contribution < -0.4 is 10.7 Å².